The lowest BCUT2D eigenvalue weighted by Gasteiger charge is -1.91. The second-order valence-electron chi connectivity index (χ2n) is 1.70. The van der Waals surface area contributed by atoms with Gasteiger partial charge in [-0.1, -0.05) is 13.8 Å². The van der Waals surface area contributed by atoms with Crippen LogP contribution in [0.2, 0.25) is 0 Å². The fourth-order valence-electron chi connectivity index (χ4n) is 0.211. The van der Waals surface area contributed by atoms with Gasteiger partial charge in [0.1, 0.15) is 0 Å². The number of oxime groups is 1. The van der Waals surface area contributed by atoms with Gasteiger partial charge in [0.15, 0.2) is 0 Å². The highest BCUT2D eigenvalue weighted by molar-refractivity contribution is 5.66. The Kier molecular flexibility index (Phi) is 3.38. The van der Waals surface area contributed by atoms with Crippen LogP contribution in [0.15, 0.2) is 5.16 Å². The Morgan fingerprint density at radius 3 is 2.29 bits per heavy atom. The van der Waals surface area contributed by atoms with Crippen molar-refractivity contribution in [3.63, 3.8) is 0 Å². The van der Waals surface area contributed by atoms with Gasteiger partial charge in [0.05, 0.1) is 0 Å². The maximum atomic E-state index is 7.85. The minimum Gasteiger partial charge on any atom is -0.411 e. The summed E-state index contributed by atoms with van der Waals surface area (Å²) in [7, 11) is 0. The molecule has 0 aliphatic rings. The van der Waals surface area contributed by atoms with E-state index in [0.29, 0.717) is 5.92 Å². The monoisotopic (exact) mass is 100 g/mol. The lowest BCUT2D eigenvalue weighted by Crippen LogP contribution is -1.87. The van der Waals surface area contributed by atoms with Crippen molar-refractivity contribution in [2.45, 2.75) is 13.8 Å². The highest BCUT2D eigenvalue weighted by Gasteiger charge is 1.86. The summed E-state index contributed by atoms with van der Waals surface area (Å²) < 4.78 is 0. The topological polar surface area (TPSA) is 32.6 Å². The summed E-state index contributed by atoms with van der Waals surface area (Å²) in [5.74, 6) is 0.468. The second-order valence-corrected chi connectivity index (χ2v) is 1.70. The van der Waals surface area contributed by atoms with Gasteiger partial charge in [-0.3, -0.25) is 0 Å². The van der Waals surface area contributed by atoms with E-state index in [9.17, 15) is 0 Å². The molecule has 1 radical (unpaired) electrons. The molecule has 0 amide bonds. The van der Waals surface area contributed by atoms with Gasteiger partial charge in [-0.05, 0) is 5.92 Å². The molecule has 0 aromatic heterocycles. The van der Waals surface area contributed by atoms with Crippen LogP contribution in [0.4, 0.5) is 0 Å². The van der Waals surface area contributed by atoms with Gasteiger partial charge in [-0.25, -0.2) is 0 Å². The third-order valence-electron chi connectivity index (χ3n) is 0.538. The molecular formula is C5H10NO. The van der Waals surface area contributed by atoms with Crippen LogP contribution < -0.4 is 0 Å². The van der Waals surface area contributed by atoms with Crippen molar-refractivity contribution in [1.29, 1.82) is 0 Å². The number of hydrogen-bond donors (Lipinski definition) is 1. The smallest absolute Gasteiger partial charge is 0.0475 e. The Bertz CT molecular complexity index is 59.1. The fraction of sp³-hybridized carbons (Fsp3) is 0.600. The fourth-order valence-corrected chi connectivity index (χ4v) is 0.211. The quantitative estimate of drug-likeness (QED) is 0.316. The molecule has 0 heterocycles. The van der Waals surface area contributed by atoms with E-state index in [1.807, 2.05) is 13.8 Å². The number of hydrogen-bond acceptors (Lipinski definition) is 2. The molecule has 0 rings (SSSR count). The summed E-state index contributed by atoms with van der Waals surface area (Å²) in [5.41, 5.74) is 0. The molecule has 2 heteroatoms. The molecule has 0 aromatic rings. The van der Waals surface area contributed by atoms with Gasteiger partial charge in [0.25, 0.3) is 0 Å². The molecule has 0 unspecified atom stereocenters. The van der Waals surface area contributed by atoms with E-state index >= 15 is 0 Å². The Balaban J connectivity index is 2.97. The average Bonchev–Trinajstić information content (AvgIpc) is 1.61. The Morgan fingerprint density at radius 1 is 1.57 bits per heavy atom. The molecule has 0 saturated carbocycles. The lowest BCUT2D eigenvalue weighted by atomic mass is 10.2. The van der Waals surface area contributed by atoms with E-state index in [1.54, 1.807) is 6.42 Å². The van der Waals surface area contributed by atoms with Crippen molar-refractivity contribution in [3.05, 3.63) is 6.42 Å². The van der Waals surface area contributed by atoms with Crippen molar-refractivity contribution in [3.8, 4) is 0 Å². The van der Waals surface area contributed by atoms with Crippen molar-refractivity contribution < 1.29 is 5.21 Å². The van der Waals surface area contributed by atoms with Gasteiger partial charge < -0.3 is 5.21 Å². The van der Waals surface area contributed by atoms with E-state index in [2.05, 4.69) is 5.16 Å². The first-order valence-corrected chi connectivity index (χ1v) is 2.28. The first kappa shape index (κ1) is 6.47. The minimum absolute atomic E-state index is 0.468. The third kappa shape index (κ3) is 5.47. The van der Waals surface area contributed by atoms with Gasteiger partial charge in [-0.2, -0.15) is 0 Å². The molecule has 0 aliphatic heterocycles. The summed E-state index contributed by atoms with van der Waals surface area (Å²) in [6.07, 6.45) is 3.19. The molecule has 0 spiro atoms. The first-order valence-electron chi connectivity index (χ1n) is 2.28. The normalized spacial score (nSPS) is 11.3. The van der Waals surface area contributed by atoms with Crippen LogP contribution in [0.1, 0.15) is 13.8 Å². The van der Waals surface area contributed by atoms with E-state index in [0.717, 1.165) is 0 Å². The van der Waals surface area contributed by atoms with Crippen LogP contribution in [0.5, 0.6) is 0 Å². The lowest BCUT2D eigenvalue weighted by molar-refractivity contribution is 0.321. The highest BCUT2D eigenvalue weighted by atomic mass is 16.4. The van der Waals surface area contributed by atoms with Crippen LogP contribution in [0.25, 0.3) is 0 Å². The maximum Gasteiger partial charge on any atom is 0.0475 e. The Hall–Kier alpha value is -0.530. The van der Waals surface area contributed by atoms with Crippen LogP contribution >= 0.6 is 0 Å². The number of nitrogens with zero attached hydrogens (tertiary/aromatic N) is 1. The molecule has 41 valence electrons. The van der Waals surface area contributed by atoms with E-state index < -0.39 is 0 Å². The summed E-state index contributed by atoms with van der Waals surface area (Å²) in [6, 6.07) is 0. The predicted octanol–water partition coefficient (Wildman–Crippen LogP) is 1.31. The summed E-state index contributed by atoms with van der Waals surface area (Å²) in [5, 5.41) is 10.6. The SMILES string of the molecule is CC(C)[CH]/C=N\O. The molecule has 0 aromatic carbocycles. The summed E-state index contributed by atoms with van der Waals surface area (Å²) >= 11 is 0. The van der Waals surface area contributed by atoms with Crippen LogP contribution in [0, 0.1) is 12.3 Å². The molecule has 0 saturated heterocycles. The zero-order valence-electron chi connectivity index (χ0n) is 4.63. The molecule has 2 nitrogen and oxygen atoms in total. The van der Waals surface area contributed by atoms with Crippen molar-refractivity contribution in [2.75, 3.05) is 0 Å². The largest absolute Gasteiger partial charge is 0.411 e. The Labute approximate surface area is 43.8 Å². The molecular weight excluding hydrogens is 90.1 g/mol. The van der Waals surface area contributed by atoms with E-state index in [4.69, 9.17) is 5.21 Å². The van der Waals surface area contributed by atoms with Gasteiger partial charge in [0, 0.05) is 12.6 Å². The molecule has 0 bridgehead atoms. The van der Waals surface area contributed by atoms with Crippen LogP contribution in [-0.4, -0.2) is 11.4 Å². The molecule has 0 aliphatic carbocycles. The summed E-state index contributed by atoms with van der Waals surface area (Å²) in [4.78, 5) is 0. The van der Waals surface area contributed by atoms with Crippen molar-refractivity contribution >= 4 is 6.21 Å². The number of rotatable bonds is 2. The second kappa shape index (κ2) is 3.65. The molecule has 0 fully saturated rings. The predicted molar refractivity (Wildman–Crippen MR) is 29.4 cm³/mol. The summed E-state index contributed by atoms with van der Waals surface area (Å²) in [6.45, 7) is 4.03. The Morgan fingerprint density at radius 2 is 2.14 bits per heavy atom. The standard InChI is InChI=1S/C5H10NO/c1-5(2)3-4-6-7/h3-5,7H,1-2H3/b6-4-. The average molecular weight is 100 g/mol. The molecule has 7 heavy (non-hydrogen) atoms. The van der Waals surface area contributed by atoms with Crippen LogP contribution in [0.3, 0.4) is 0 Å². The maximum absolute atomic E-state index is 7.85. The van der Waals surface area contributed by atoms with Gasteiger partial charge in [-0.15, -0.1) is 5.16 Å². The minimum atomic E-state index is 0.468. The molecule has 1 N–H and O–H groups in total. The van der Waals surface area contributed by atoms with Gasteiger partial charge >= 0.3 is 0 Å². The third-order valence-corrected chi connectivity index (χ3v) is 0.538. The van der Waals surface area contributed by atoms with Crippen LogP contribution in [-0.2, 0) is 0 Å². The molecule has 0 atom stereocenters. The van der Waals surface area contributed by atoms with Gasteiger partial charge in [0.2, 0.25) is 0 Å². The van der Waals surface area contributed by atoms with E-state index in [-0.39, 0.29) is 0 Å². The van der Waals surface area contributed by atoms with Crippen molar-refractivity contribution in [2.24, 2.45) is 11.1 Å². The highest BCUT2D eigenvalue weighted by Crippen LogP contribution is 1.92. The van der Waals surface area contributed by atoms with E-state index in [1.165, 1.54) is 6.21 Å². The first-order chi connectivity index (χ1) is 3.27. The zero-order valence-corrected chi connectivity index (χ0v) is 4.63. The van der Waals surface area contributed by atoms with Crippen molar-refractivity contribution in [1.82, 2.24) is 0 Å². The zero-order chi connectivity index (χ0) is 5.70.